The van der Waals surface area contributed by atoms with Crippen molar-refractivity contribution in [2.45, 2.75) is 77.0 Å². The highest BCUT2D eigenvalue weighted by molar-refractivity contribution is 4.90. The number of nitrogens with one attached hydrogen (secondary N) is 1. The van der Waals surface area contributed by atoms with E-state index in [9.17, 15) is 5.11 Å². The van der Waals surface area contributed by atoms with Crippen LogP contribution in [-0.2, 0) is 0 Å². The molecule has 0 aliphatic heterocycles. The van der Waals surface area contributed by atoms with Crippen LogP contribution in [0.2, 0.25) is 0 Å². The molecule has 15 heavy (non-hydrogen) atoms. The summed E-state index contributed by atoms with van der Waals surface area (Å²) in [6, 6.07) is 1.02. The van der Waals surface area contributed by atoms with E-state index in [0.717, 1.165) is 12.8 Å². The largest absolute Gasteiger partial charge is 0.392 e. The van der Waals surface area contributed by atoms with E-state index in [2.05, 4.69) is 19.2 Å². The molecule has 0 aromatic heterocycles. The van der Waals surface area contributed by atoms with Crippen LogP contribution < -0.4 is 5.32 Å². The van der Waals surface area contributed by atoms with E-state index >= 15 is 0 Å². The zero-order valence-electron chi connectivity index (χ0n) is 10.1. The summed E-state index contributed by atoms with van der Waals surface area (Å²) in [6.07, 6.45) is 8.44. The molecular formula is C13H25NO. The molecule has 2 fully saturated rings. The van der Waals surface area contributed by atoms with E-state index < -0.39 is 0 Å². The zero-order chi connectivity index (χ0) is 10.9. The van der Waals surface area contributed by atoms with Gasteiger partial charge in [0, 0.05) is 12.1 Å². The van der Waals surface area contributed by atoms with Crippen LogP contribution in [0, 0.1) is 5.41 Å². The van der Waals surface area contributed by atoms with Gasteiger partial charge in [-0.15, -0.1) is 0 Å². The molecule has 0 amide bonds. The maximum atomic E-state index is 9.90. The van der Waals surface area contributed by atoms with E-state index in [4.69, 9.17) is 0 Å². The Kier molecular flexibility index (Phi) is 3.36. The summed E-state index contributed by atoms with van der Waals surface area (Å²) < 4.78 is 0. The first-order valence-electron chi connectivity index (χ1n) is 6.51. The summed E-state index contributed by atoms with van der Waals surface area (Å²) in [6.45, 7) is 4.71. The third-order valence-electron chi connectivity index (χ3n) is 4.15. The molecule has 0 spiro atoms. The molecular weight excluding hydrogens is 186 g/mol. The van der Waals surface area contributed by atoms with Gasteiger partial charge in [0.15, 0.2) is 0 Å². The zero-order valence-corrected chi connectivity index (χ0v) is 10.1. The Balaban J connectivity index is 1.81. The summed E-state index contributed by atoms with van der Waals surface area (Å²) in [4.78, 5) is 0. The van der Waals surface area contributed by atoms with Crippen molar-refractivity contribution in [1.29, 1.82) is 0 Å². The normalized spacial score (nSPS) is 40.6. The number of aliphatic hydroxyl groups excluding tert-OH is 1. The van der Waals surface area contributed by atoms with Crippen molar-refractivity contribution in [3.63, 3.8) is 0 Å². The molecule has 0 radical (unpaired) electrons. The Morgan fingerprint density at radius 3 is 2.47 bits per heavy atom. The van der Waals surface area contributed by atoms with Gasteiger partial charge >= 0.3 is 0 Å². The van der Waals surface area contributed by atoms with Gasteiger partial charge in [-0.2, -0.15) is 0 Å². The molecule has 2 nitrogen and oxygen atoms in total. The van der Waals surface area contributed by atoms with Gasteiger partial charge in [0.1, 0.15) is 0 Å². The molecule has 1 unspecified atom stereocenters. The SMILES string of the molecule is CC1(C)CCC(N[C@@H]2CCCC[C@H]2O)C1. The van der Waals surface area contributed by atoms with Gasteiger partial charge in [-0.25, -0.2) is 0 Å². The van der Waals surface area contributed by atoms with Crippen LogP contribution >= 0.6 is 0 Å². The summed E-state index contributed by atoms with van der Waals surface area (Å²) in [5.74, 6) is 0. The maximum absolute atomic E-state index is 9.90. The summed E-state index contributed by atoms with van der Waals surface area (Å²) in [5.41, 5.74) is 0.511. The van der Waals surface area contributed by atoms with Gasteiger partial charge in [0.05, 0.1) is 6.10 Å². The highest BCUT2D eigenvalue weighted by Crippen LogP contribution is 2.37. The second-order valence-corrected chi connectivity index (χ2v) is 6.23. The van der Waals surface area contributed by atoms with Gasteiger partial charge < -0.3 is 10.4 Å². The lowest BCUT2D eigenvalue weighted by atomic mass is 9.90. The van der Waals surface area contributed by atoms with Crippen LogP contribution in [0.15, 0.2) is 0 Å². The van der Waals surface area contributed by atoms with Crippen molar-refractivity contribution in [3.05, 3.63) is 0 Å². The van der Waals surface area contributed by atoms with Crippen molar-refractivity contribution >= 4 is 0 Å². The Morgan fingerprint density at radius 2 is 1.87 bits per heavy atom. The number of rotatable bonds is 2. The lowest BCUT2D eigenvalue weighted by molar-refractivity contribution is 0.0844. The van der Waals surface area contributed by atoms with Crippen molar-refractivity contribution in [2.75, 3.05) is 0 Å². The topological polar surface area (TPSA) is 32.3 Å². The fourth-order valence-corrected chi connectivity index (χ4v) is 3.19. The molecule has 2 N–H and O–H groups in total. The van der Waals surface area contributed by atoms with Crippen LogP contribution in [0.4, 0.5) is 0 Å². The Morgan fingerprint density at radius 1 is 1.13 bits per heavy atom. The minimum atomic E-state index is -0.0949. The fourth-order valence-electron chi connectivity index (χ4n) is 3.19. The van der Waals surface area contributed by atoms with Gasteiger partial charge in [0.25, 0.3) is 0 Å². The van der Waals surface area contributed by atoms with E-state index in [1.807, 2.05) is 0 Å². The van der Waals surface area contributed by atoms with Gasteiger partial charge in [-0.3, -0.25) is 0 Å². The van der Waals surface area contributed by atoms with Gasteiger partial charge in [-0.1, -0.05) is 26.7 Å². The molecule has 3 atom stereocenters. The van der Waals surface area contributed by atoms with Crippen LogP contribution in [0.3, 0.4) is 0 Å². The molecule has 2 heteroatoms. The van der Waals surface area contributed by atoms with E-state index in [1.54, 1.807) is 0 Å². The summed E-state index contributed by atoms with van der Waals surface area (Å²) in [7, 11) is 0. The minimum absolute atomic E-state index is 0.0949. The number of hydrogen-bond donors (Lipinski definition) is 2. The van der Waals surface area contributed by atoms with Crippen molar-refractivity contribution in [1.82, 2.24) is 5.32 Å². The second kappa shape index (κ2) is 4.42. The first-order chi connectivity index (χ1) is 7.07. The minimum Gasteiger partial charge on any atom is -0.392 e. The Hall–Kier alpha value is -0.0800. The molecule has 0 aromatic rings. The van der Waals surface area contributed by atoms with Crippen LogP contribution in [-0.4, -0.2) is 23.3 Å². The molecule has 0 bridgehead atoms. The third-order valence-corrected chi connectivity index (χ3v) is 4.15. The smallest absolute Gasteiger partial charge is 0.0693 e. The van der Waals surface area contributed by atoms with E-state index in [-0.39, 0.29) is 6.10 Å². The molecule has 2 aliphatic carbocycles. The standard InChI is InChI=1S/C13H25NO/c1-13(2)8-7-10(9-13)14-11-5-3-4-6-12(11)15/h10-12,14-15H,3-9H2,1-2H3/t10?,11-,12-/m1/s1. The molecule has 2 aliphatic rings. The quantitative estimate of drug-likeness (QED) is 0.735. The fraction of sp³-hybridized carbons (Fsp3) is 1.00. The predicted molar refractivity (Wildman–Crippen MR) is 62.8 cm³/mol. The van der Waals surface area contributed by atoms with Crippen molar-refractivity contribution in [2.24, 2.45) is 5.41 Å². The van der Waals surface area contributed by atoms with E-state index in [1.165, 1.54) is 32.1 Å². The molecule has 2 saturated carbocycles. The molecule has 0 saturated heterocycles. The lowest BCUT2D eigenvalue weighted by Gasteiger charge is -2.31. The van der Waals surface area contributed by atoms with Crippen LogP contribution in [0.1, 0.15) is 58.8 Å². The average molecular weight is 211 g/mol. The van der Waals surface area contributed by atoms with E-state index in [0.29, 0.717) is 17.5 Å². The summed E-state index contributed by atoms with van der Waals surface area (Å²) >= 11 is 0. The summed E-state index contributed by atoms with van der Waals surface area (Å²) in [5, 5.41) is 13.6. The first kappa shape index (κ1) is 11.4. The van der Waals surface area contributed by atoms with Crippen molar-refractivity contribution < 1.29 is 5.11 Å². The highest BCUT2D eigenvalue weighted by Gasteiger charge is 2.33. The second-order valence-electron chi connectivity index (χ2n) is 6.23. The highest BCUT2D eigenvalue weighted by atomic mass is 16.3. The number of aliphatic hydroxyl groups is 1. The first-order valence-corrected chi connectivity index (χ1v) is 6.51. The number of hydrogen-bond acceptors (Lipinski definition) is 2. The molecule has 0 heterocycles. The van der Waals surface area contributed by atoms with Gasteiger partial charge in [-0.05, 0) is 37.5 Å². The third kappa shape index (κ3) is 2.94. The van der Waals surface area contributed by atoms with Crippen molar-refractivity contribution in [3.8, 4) is 0 Å². The predicted octanol–water partition coefficient (Wildman–Crippen LogP) is 2.46. The maximum Gasteiger partial charge on any atom is 0.0693 e. The van der Waals surface area contributed by atoms with Gasteiger partial charge in [0.2, 0.25) is 0 Å². The Labute approximate surface area is 93.5 Å². The lowest BCUT2D eigenvalue weighted by Crippen LogP contribution is -2.46. The molecule has 0 aromatic carbocycles. The molecule has 88 valence electrons. The van der Waals surface area contributed by atoms with Crippen LogP contribution in [0.5, 0.6) is 0 Å². The Bertz CT molecular complexity index is 215. The molecule has 2 rings (SSSR count). The van der Waals surface area contributed by atoms with Crippen LogP contribution in [0.25, 0.3) is 0 Å². The average Bonchev–Trinajstić information content (AvgIpc) is 2.50. The monoisotopic (exact) mass is 211 g/mol.